The predicted octanol–water partition coefficient (Wildman–Crippen LogP) is 6.40. The summed E-state index contributed by atoms with van der Waals surface area (Å²) in [6, 6.07) is 10.2. The fraction of sp³-hybridized carbons (Fsp3) is 0.192. The molecule has 184 valence electrons. The molecule has 7 nitrogen and oxygen atoms in total. The smallest absolute Gasteiger partial charge is 0.346 e. The van der Waals surface area contributed by atoms with Crippen LogP contribution in [0.5, 0.6) is 0 Å². The van der Waals surface area contributed by atoms with Gasteiger partial charge in [0, 0.05) is 47.3 Å². The molecule has 0 saturated carbocycles. The molecule has 10 heteroatoms. The number of amides is 2. The van der Waals surface area contributed by atoms with Gasteiger partial charge in [-0.2, -0.15) is 18.3 Å². The normalized spacial score (nSPS) is 13.9. The van der Waals surface area contributed by atoms with Gasteiger partial charge < -0.3 is 15.6 Å². The number of hydrogen-bond acceptors (Lipinski definition) is 3. The molecule has 1 aromatic carbocycles. The molecule has 0 bridgehead atoms. The van der Waals surface area contributed by atoms with E-state index in [9.17, 15) is 18.0 Å². The van der Waals surface area contributed by atoms with Gasteiger partial charge in [-0.1, -0.05) is 18.2 Å². The van der Waals surface area contributed by atoms with Crippen LogP contribution in [0, 0.1) is 0 Å². The lowest BCUT2D eigenvalue weighted by Crippen LogP contribution is -2.31. The average molecular weight is 493 g/mol. The molecular weight excluding hydrogens is 469 g/mol. The second kappa shape index (κ2) is 9.37. The molecule has 1 aliphatic rings. The van der Waals surface area contributed by atoms with Crippen molar-refractivity contribution < 1.29 is 18.0 Å². The van der Waals surface area contributed by atoms with Crippen molar-refractivity contribution in [1.82, 2.24) is 25.1 Å². The lowest BCUT2D eigenvalue weighted by atomic mass is 10.0. The Labute approximate surface area is 204 Å². The number of rotatable bonds is 5. The van der Waals surface area contributed by atoms with Gasteiger partial charge in [-0.3, -0.25) is 4.68 Å². The summed E-state index contributed by atoms with van der Waals surface area (Å²) in [5.41, 5.74) is 3.80. The van der Waals surface area contributed by atoms with E-state index in [1.54, 1.807) is 24.4 Å². The number of H-pyrrole nitrogens is 1. The third-order valence-electron chi connectivity index (χ3n) is 6.01. The number of carbonyl (C=O) groups is 1. The fourth-order valence-electron chi connectivity index (χ4n) is 4.26. The maximum atomic E-state index is 13.2. The molecule has 0 unspecified atom stereocenters. The zero-order valence-corrected chi connectivity index (χ0v) is 19.4. The summed E-state index contributed by atoms with van der Waals surface area (Å²) < 4.78 is 41.6. The Morgan fingerprint density at radius 3 is 2.67 bits per heavy atom. The molecule has 3 aromatic heterocycles. The third-order valence-corrected chi connectivity index (χ3v) is 6.01. The monoisotopic (exact) mass is 492 g/mol. The van der Waals surface area contributed by atoms with E-state index in [4.69, 9.17) is 5.10 Å². The van der Waals surface area contributed by atoms with Crippen LogP contribution in [0.3, 0.4) is 0 Å². The molecule has 3 heterocycles. The Balaban J connectivity index is 1.39. The number of fused-ring (bicyclic) bond motifs is 1. The van der Waals surface area contributed by atoms with E-state index < -0.39 is 17.8 Å². The van der Waals surface area contributed by atoms with Gasteiger partial charge >= 0.3 is 12.2 Å². The van der Waals surface area contributed by atoms with Gasteiger partial charge in [-0.05, 0) is 55.7 Å². The Hall–Kier alpha value is -4.34. The van der Waals surface area contributed by atoms with Crippen LogP contribution in [-0.2, 0) is 6.54 Å². The molecule has 0 fully saturated rings. The molecule has 3 N–H and O–H groups in total. The second-order valence-corrected chi connectivity index (χ2v) is 8.33. The van der Waals surface area contributed by atoms with E-state index >= 15 is 0 Å². The van der Waals surface area contributed by atoms with Gasteiger partial charge in [0.2, 0.25) is 0 Å². The highest BCUT2D eigenvalue weighted by Gasteiger charge is 2.36. The zero-order valence-electron chi connectivity index (χ0n) is 19.4. The minimum Gasteiger partial charge on any atom is -0.346 e. The number of aromatic amines is 1. The summed E-state index contributed by atoms with van der Waals surface area (Å²) in [6.07, 6.45) is 4.10. The Morgan fingerprint density at radius 2 is 1.92 bits per heavy atom. The van der Waals surface area contributed by atoms with Gasteiger partial charge in [-0.25, -0.2) is 9.78 Å². The maximum Gasteiger partial charge on any atom is 0.414 e. The number of aromatic nitrogens is 4. The summed E-state index contributed by atoms with van der Waals surface area (Å²) in [5.74, 6) is 0. The molecule has 4 aromatic rings. The van der Waals surface area contributed by atoms with Crippen molar-refractivity contribution in [3.63, 3.8) is 0 Å². The van der Waals surface area contributed by atoms with Crippen LogP contribution in [0.25, 0.3) is 33.4 Å². The van der Waals surface area contributed by atoms with Crippen LogP contribution in [0.2, 0.25) is 0 Å². The van der Waals surface area contributed by atoms with Crippen molar-refractivity contribution in [1.29, 1.82) is 0 Å². The number of allylic oxidation sites excluding steroid dienone is 3. The topological polar surface area (TPSA) is 87.6 Å². The van der Waals surface area contributed by atoms with Crippen molar-refractivity contribution in [2.75, 3.05) is 5.32 Å². The first-order valence-corrected chi connectivity index (χ1v) is 11.5. The Kier molecular flexibility index (Phi) is 6.09. The highest BCUT2D eigenvalue weighted by atomic mass is 19.4. The van der Waals surface area contributed by atoms with Crippen LogP contribution in [0.15, 0.2) is 78.4 Å². The van der Waals surface area contributed by atoms with E-state index in [1.807, 2.05) is 48.3 Å². The third kappa shape index (κ3) is 4.61. The van der Waals surface area contributed by atoms with Gasteiger partial charge in [0.15, 0.2) is 0 Å². The summed E-state index contributed by atoms with van der Waals surface area (Å²) in [4.78, 5) is 19.9. The van der Waals surface area contributed by atoms with E-state index in [0.29, 0.717) is 12.2 Å². The first kappa shape index (κ1) is 23.4. The number of alkyl halides is 3. The lowest BCUT2D eigenvalue weighted by molar-refractivity contribution is -0.0949. The molecule has 0 radical (unpaired) electrons. The summed E-state index contributed by atoms with van der Waals surface area (Å²) in [7, 11) is 0. The number of aryl methyl sites for hydroxylation is 1. The van der Waals surface area contributed by atoms with Gasteiger partial charge in [0.25, 0.3) is 0 Å². The lowest BCUT2D eigenvalue weighted by Gasteiger charge is -2.19. The molecule has 0 saturated heterocycles. The van der Waals surface area contributed by atoms with Crippen LogP contribution < -0.4 is 10.6 Å². The van der Waals surface area contributed by atoms with Crippen LogP contribution >= 0.6 is 0 Å². The maximum absolute atomic E-state index is 13.2. The Morgan fingerprint density at radius 1 is 1.11 bits per heavy atom. The summed E-state index contributed by atoms with van der Waals surface area (Å²) in [5, 5.41) is 10.6. The number of halogens is 3. The number of carbonyl (C=O) groups excluding carboxylic acids is 1. The zero-order chi connectivity index (χ0) is 25.3. The van der Waals surface area contributed by atoms with Gasteiger partial charge in [0.05, 0.1) is 11.3 Å². The number of pyridine rings is 1. The number of hydrogen-bond donors (Lipinski definition) is 3. The molecule has 36 heavy (non-hydrogen) atoms. The predicted molar refractivity (Wildman–Crippen MR) is 132 cm³/mol. The Bertz CT molecular complexity index is 1480. The van der Waals surface area contributed by atoms with E-state index in [1.165, 1.54) is 6.08 Å². The van der Waals surface area contributed by atoms with E-state index in [-0.39, 0.29) is 18.5 Å². The summed E-state index contributed by atoms with van der Waals surface area (Å²) >= 11 is 0. The van der Waals surface area contributed by atoms with Crippen molar-refractivity contribution >= 4 is 22.8 Å². The van der Waals surface area contributed by atoms with Crippen molar-refractivity contribution in [2.24, 2.45) is 0 Å². The number of anilines is 1. The molecule has 2 amide bonds. The molecule has 0 aliphatic heterocycles. The largest absolute Gasteiger partial charge is 0.414 e. The fourth-order valence-corrected chi connectivity index (χ4v) is 4.26. The quantitative estimate of drug-likeness (QED) is 0.301. The van der Waals surface area contributed by atoms with E-state index in [2.05, 4.69) is 20.6 Å². The van der Waals surface area contributed by atoms with Crippen LogP contribution in [0.4, 0.5) is 23.7 Å². The SMILES string of the molecule is CCn1cc(-c2ccnc3[nH]ccc23)c(-c2ccc(NC(=O)NC3=C(C(F)(F)F)CCC=C3)cc2)n1. The molecule has 1 aliphatic carbocycles. The molecule has 5 rings (SSSR count). The number of nitrogens with one attached hydrogen (secondary N) is 3. The number of benzene rings is 1. The summed E-state index contributed by atoms with van der Waals surface area (Å²) in [6.45, 7) is 2.70. The number of nitrogens with zero attached hydrogens (tertiary/aromatic N) is 3. The second-order valence-electron chi connectivity index (χ2n) is 8.33. The minimum absolute atomic E-state index is 0.163. The highest BCUT2D eigenvalue weighted by Crippen LogP contribution is 2.36. The van der Waals surface area contributed by atoms with Crippen molar-refractivity contribution in [3.05, 3.63) is 78.4 Å². The number of urea groups is 1. The average Bonchev–Trinajstić information content (AvgIpc) is 3.51. The minimum atomic E-state index is -4.49. The van der Waals surface area contributed by atoms with Gasteiger partial charge in [0.1, 0.15) is 11.3 Å². The van der Waals surface area contributed by atoms with Crippen molar-refractivity contribution in [2.45, 2.75) is 32.5 Å². The first-order valence-electron chi connectivity index (χ1n) is 11.5. The standard InChI is InChI=1S/C26H23F3N6O/c1-2-35-15-20(18-11-13-30-24-19(18)12-14-31-24)23(34-35)16-7-9-17(10-8-16)32-25(36)33-22-6-4-3-5-21(22)26(27,28)29/h4,6-15H,2-3,5H2,1H3,(H,30,31)(H2,32,33,36). The van der Waals surface area contributed by atoms with Crippen LogP contribution in [-0.4, -0.2) is 32.0 Å². The molecule has 0 atom stereocenters. The van der Waals surface area contributed by atoms with Crippen molar-refractivity contribution in [3.8, 4) is 22.4 Å². The highest BCUT2D eigenvalue weighted by molar-refractivity contribution is 5.97. The van der Waals surface area contributed by atoms with E-state index in [0.717, 1.165) is 33.4 Å². The molecule has 0 spiro atoms. The van der Waals surface area contributed by atoms with Gasteiger partial charge in [-0.15, -0.1) is 0 Å². The first-order chi connectivity index (χ1) is 17.3. The molecular formula is C26H23F3N6O. The van der Waals surface area contributed by atoms with Crippen LogP contribution in [0.1, 0.15) is 19.8 Å².